The number of amides is 1. The fraction of sp³-hybridized carbons (Fsp3) is 0.235. The molecule has 0 saturated heterocycles. The van der Waals surface area contributed by atoms with Crippen LogP contribution in [0.3, 0.4) is 0 Å². The SMILES string of the molecule is NC1CCCN(C(=O)c2cccc(F)c2)c2ccccc21. The zero-order valence-corrected chi connectivity index (χ0v) is 11.6. The average Bonchev–Trinajstić information content (AvgIpc) is 2.66. The van der Waals surface area contributed by atoms with Gasteiger partial charge in [-0.1, -0.05) is 24.3 Å². The number of rotatable bonds is 1. The number of nitrogens with zero attached hydrogens (tertiary/aromatic N) is 1. The van der Waals surface area contributed by atoms with Gasteiger partial charge in [-0.2, -0.15) is 0 Å². The summed E-state index contributed by atoms with van der Waals surface area (Å²) in [6.07, 6.45) is 1.67. The molecular weight excluding hydrogens is 267 g/mol. The third-order valence-electron chi connectivity index (χ3n) is 3.84. The van der Waals surface area contributed by atoms with E-state index in [4.69, 9.17) is 5.73 Å². The fourth-order valence-corrected chi connectivity index (χ4v) is 2.78. The van der Waals surface area contributed by atoms with E-state index in [0.717, 1.165) is 24.1 Å². The molecule has 2 N–H and O–H groups in total. The van der Waals surface area contributed by atoms with Crippen molar-refractivity contribution in [1.29, 1.82) is 0 Å². The summed E-state index contributed by atoms with van der Waals surface area (Å²) < 4.78 is 13.3. The normalized spacial score (nSPS) is 18.0. The average molecular weight is 284 g/mol. The molecule has 0 aromatic heterocycles. The van der Waals surface area contributed by atoms with Crippen LogP contribution >= 0.6 is 0 Å². The van der Waals surface area contributed by atoms with Gasteiger partial charge in [0.25, 0.3) is 5.91 Å². The maximum absolute atomic E-state index is 13.3. The van der Waals surface area contributed by atoms with E-state index in [9.17, 15) is 9.18 Å². The van der Waals surface area contributed by atoms with E-state index in [1.54, 1.807) is 17.0 Å². The Labute approximate surface area is 123 Å². The molecule has 3 nitrogen and oxygen atoms in total. The van der Waals surface area contributed by atoms with Gasteiger partial charge in [0.2, 0.25) is 0 Å². The molecule has 0 spiro atoms. The summed E-state index contributed by atoms with van der Waals surface area (Å²) in [4.78, 5) is 14.4. The Bertz CT molecular complexity index is 671. The Balaban J connectivity index is 2.02. The van der Waals surface area contributed by atoms with E-state index in [1.807, 2.05) is 24.3 Å². The number of carbonyl (C=O) groups is 1. The molecule has 3 rings (SSSR count). The monoisotopic (exact) mass is 284 g/mol. The molecule has 1 aliphatic rings. The lowest BCUT2D eigenvalue weighted by atomic mass is 10.0. The third kappa shape index (κ3) is 2.67. The Kier molecular flexibility index (Phi) is 3.71. The van der Waals surface area contributed by atoms with Crippen LogP contribution in [0.25, 0.3) is 0 Å². The first-order valence-electron chi connectivity index (χ1n) is 7.09. The lowest BCUT2D eigenvalue weighted by Crippen LogP contribution is -2.31. The van der Waals surface area contributed by atoms with Gasteiger partial charge in [0.15, 0.2) is 0 Å². The van der Waals surface area contributed by atoms with Gasteiger partial charge < -0.3 is 10.6 Å². The second-order valence-electron chi connectivity index (χ2n) is 5.27. The minimum absolute atomic E-state index is 0.0634. The smallest absolute Gasteiger partial charge is 0.258 e. The maximum Gasteiger partial charge on any atom is 0.258 e. The van der Waals surface area contributed by atoms with Crippen LogP contribution in [-0.4, -0.2) is 12.5 Å². The molecule has 0 bridgehead atoms. The van der Waals surface area contributed by atoms with Crippen LogP contribution in [0.5, 0.6) is 0 Å². The van der Waals surface area contributed by atoms with E-state index in [2.05, 4.69) is 0 Å². The molecule has 1 aliphatic heterocycles. The highest BCUT2D eigenvalue weighted by molar-refractivity contribution is 6.06. The Morgan fingerprint density at radius 1 is 1.19 bits per heavy atom. The zero-order valence-electron chi connectivity index (χ0n) is 11.6. The minimum atomic E-state index is -0.402. The van der Waals surface area contributed by atoms with Gasteiger partial charge >= 0.3 is 0 Å². The van der Waals surface area contributed by atoms with Crippen LogP contribution in [0.1, 0.15) is 34.8 Å². The second-order valence-corrected chi connectivity index (χ2v) is 5.27. The van der Waals surface area contributed by atoms with Crippen molar-refractivity contribution in [2.75, 3.05) is 11.4 Å². The summed E-state index contributed by atoms with van der Waals surface area (Å²) in [6.45, 7) is 0.597. The molecule has 1 heterocycles. The molecular formula is C17H17FN2O. The van der Waals surface area contributed by atoms with Gasteiger partial charge in [-0.3, -0.25) is 4.79 Å². The van der Waals surface area contributed by atoms with Crippen molar-refractivity contribution in [3.05, 3.63) is 65.5 Å². The van der Waals surface area contributed by atoms with Crippen LogP contribution in [0.2, 0.25) is 0 Å². The van der Waals surface area contributed by atoms with Crippen LogP contribution in [0.15, 0.2) is 48.5 Å². The number of nitrogens with two attached hydrogens (primary N) is 1. The summed E-state index contributed by atoms with van der Waals surface area (Å²) in [7, 11) is 0. The summed E-state index contributed by atoms with van der Waals surface area (Å²) in [5, 5.41) is 0. The van der Waals surface area contributed by atoms with E-state index >= 15 is 0 Å². The first kappa shape index (κ1) is 13.8. The van der Waals surface area contributed by atoms with Crippen molar-refractivity contribution in [3.63, 3.8) is 0 Å². The summed E-state index contributed by atoms with van der Waals surface area (Å²) in [5.41, 5.74) is 8.34. The van der Waals surface area contributed by atoms with Crippen LogP contribution in [0.4, 0.5) is 10.1 Å². The number of hydrogen-bond acceptors (Lipinski definition) is 2. The Morgan fingerprint density at radius 3 is 2.81 bits per heavy atom. The summed E-state index contributed by atoms with van der Waals surface area (Å²) in [5.74, 6) is -0.586. The number of benzene rings is 2. The van der Waals surface area contributed by atoms with Gasteiger partial charge in [0, 0.05) is 23.8 Å². The number of hydrogen-bond donors (Lipinski definition) is 1. The van der Waals surface area contributed by atoms with Crippen LogP contribution in [-0.2, 0) is 0 Å². The largest absolute Gasteiger partial charge is 0.324 e. The number of anilines is 1. The lowest BCUT2D eigenvalue weighted by molar-refractivity contribution is 0.0986. The van der Waals surface area contributed by atoms with E-state index in [-0.39, 0.29) is 11.9 Å². The zero-order chi connectivity index (χ0) is 14.8. The summed E-state index contributed by atoms with van der Waals surface area (Å²) >= 11 is 0. The molecule has 1 atom stereocenters. The van der Waals surface area contributed by atoms with Crippen molar-refractivity contribution in [3.8, 4) is 0 Å². The number of fused-ring (bicyclic) bond motifs is 1. The molecule has 1 unspecified atom stereocenters. The van der Waals surface area contributed by atoms with Gasteiger partial charge in [0.05, 0.1) is 0 Å². The van der Waals surface area contributed by atoms with E-state index in [1.165, 1.54) is 12.1 Å². The molecule has 21 heavy (non-hydrogen) atoms. The van der Waals surface area contributed by atoms with E-state index < -0.39 is 5.82 Å². The first-order valence-corrected chi connectivity index (χ1v) is 7.09. The molecule has 1 amide bonds. The molecule has 2 aromatic rings. The standard InChI is InChI=1S/C17H17FN2O/c18-13-6-3-5-12(11-13)17(21)20-10-4-8-15(19)14-7-1-2-9-16(14)20/h1-3,5-7,9,11,15H,4,8,10,19H2. The molecule has 0 aliphatic carbocycles. The highest BCUT2D eigenvalue weighted by Gasteiger charge is 2.25. The van der Waals surface area contributed by atoms with Crippen molar-refractivity contribution in [2.45, 2.75) is 18.9 Å². The van der Waals surface area contributed by atoms with Crippen molar-refractivity contribution in [1.82, 2.24) is 0 Å². The van der Waals surface area contributed by atoms with Gasteiger partial charge in [0.1, 0.15) is 5.82 Å². The molecule has 2 aromatic carbocycles. The third-order valence-corrected chi connectivity index (χ3v) is 3.84. The minimum Gasteiger partial charge on any atom is -0.324 e. The fourth-order valence-electron chi connectivity index (χ4n) is 2.78. The maximum atomic E-state index is 13.3. The Morgan fingerprint density at radius 2 is 2.00 bits per heavy atom. The van der Waals surface area contributed by atoms with Crippen molar-refractivity contribution in [2.24, 2.45) is 5.73 Å². The summed E-state index contributed by atoms with van der Waals surface area (Å²) in [6, 6.07) is 13.4. The van der Waals surface area contributed by atoms with Gasteiger partial charge in [-0.25, -0.2) is 4.39 Å². The first-order chi connectivity index (χ1) is 10.2. The number of halogens is 1. The molecule has 4 heteroatoms. The van der Waals surface area contributed by atoms with Crippen molar-refractivity contribution < 1.29 is 9.18 Å². The quantitative estimate of drug-likeness (QED) is 0.873. The second kappa shape index (κ2) is 5.66. The number of carbonyl (C=O) groups excluding carboxylic acids is 1. The Hall–Kier alpha value is -2.20. The highest BCUT2D eigenvalue weighted by Crippen LogP contribution is 2.32. The lowest BCUT2D eigenvalue weighted by Gasteiger charge is -2.23. The molecule has 0 saturated carbocycles. The van der Waals surface area contributed by atoms with Gasteiger partial charge in [-0.15, -0.1) is 0 Å². The van der Waals surface area contributed by atoms with Crippen LogP contribution in [0, 0.1) is 5.82 Å². The highest BCUT2D eigenvalue weighted by atomic mass is 19.1. The topological polar surface area (TPSA) is 46.3 Å². The molecule has 108 valence electrons. The predicted octanol–water partition coefficient (Wildman–Crippen LogP) is 3.27. The van der Waals surface area contributed by atoms with Crippen LogP contribution < -0.4 is 10.6 Å². The van der Waals surface area contributed by atoms with Gasteiger partial charge in [-0.05, 0) is 42.7 Å². The van der Waals surface area contributed by atoms with E-state index in [0.29, 0.717) is 12.1 Å². The number of para-hydroxylation sites is 1. The molecule has 0 fully saturated rings. The predicted molar refractivity (Wildman–Crippen MR) is 80.7 cm³/mol. The molecule has 0 radical (unpaired) electrons. The van der Waals surface area contributed by atoms with Crippen molar-refractivity contribution >= 4 is 11.6 Å².